The molecule has 4 N–H and O–H groups in total. The Balaban J connectivity index is 1.25. The maximum absolute atomic E-state index is 13.7. The molecule has 3 aromatic heterocycles. The number of hydrogen-bond donors (Lipinski definition) is 6. The maximum Gasteiger partial charge on any atom is 0.386 e. The van der Waals surface area contributed by atoms with Crippen LogP contribution in [0.25, 0.3) is 11.2 Å². The maximum atomic E-state index is 13.7. The van der Waals surface area contributed by atoms with E-state index in [4.69, 9.17) is 27.6 Å². The SMILES string of the molecule is CNCC(C)(C)CC(=O)Nc1nc2c(ncn2[C@@H]2O[C@@H]3CO[P@@](=O)(S)O[C@H]4C[C@H](Oc5ccncn5)C[C@@H]4CO[P@@](=O)(S)O[C@@H]2[C@@H]3O)c(=O)[nH]1. The Morgan fingerprint density at radius 1 is 1.16 bits per heavy atom. The number of aliphatic hydroxyl groups excluding tert-OH is 1. The quantitative estimate of drug-likeness (QED) is 0.142. The first-order valence-electron chi connectivity index (χ1n) is 15.6. The van der Waals surface area contributed by atoms with Gasteiger partial charge >= 0.3 is 13.6 Å². The molecule has 19 nitrogen and oxygen atoms in total. The number of hydrogen-bond acceptors (Lipinski definition) is 16. The molecule has 3 aromatic rings. The van der Waals surface area contributed by atoms with Crippen molar-refractivity contribution in [2.75, 3.05) is 32.1 Å². The molecular formula is C27H38N8O11P2S2. The zero-order valence-corrected chi connectivity index (χ0v) is 30.7. The Morgan fingerprint density at radius 3 is 2.66 bits per heavy atom. The van der Waals surface area contributed by atoms with Crippen LogP contribution in [0.5, 0.6) is 5.88 Å². The number of fused-ring (bicyclic) bond motifs is 4. The van der Waals surface area contributed by atoms with Crippen LogP contribution in [0.15, 0.2) is 29.7 Å². The predicted octanol–water partition coefficient (Wildman–Crippen LogP) is 2.49. The van der Waals surface area contributed by atoms with Gasteiger partial charge in [-0.05, 0) is 18.9 Å². The largest absolute Gasteiger partial charge is 0.474 e. The van der Waals surface area contributed by atoms with Gasteiger partial charge in [-0.1, -0.05) is 38.3 Å². The molecule has 2 saturated heterocycles. The molecule has 1 amide bonds. The van der Waals surface area contributed by atoms with Crippen LogP contribution in [-0.2, 0) is 36.8 Å². The van der Waals surface area contributed by atoms with E-state index in [0.29, 0.717) is 18.8 Å². The predicted molar refractivity (Wildman–Crippen MR) is 183 cm³/mol. The van der Waals surface area contributed by atoms with Gasteiger partial charge in [0.25, 0.3) is 5.56 Å². The van der Waals surface area contributed by atoms with Crippen LogP contribution in [0.3, 0.4) is 0 Å². The standard InChI is InChI=1S/C27H38N8O11P2S2/c1-27(2,11-28-3)8-18(36)32-26-33-23-20(24(38)34-26)31-13-35(23)25-22-21(37)17(44-25)10-42-47(39,49)45-16-7-15(43-19-4-5-29-12-30-19)6-14(16)9-41-48(40,50)46-22/h4-5,12-17,21-22,25,28,37H,6-11H2,1-3H3,(H,39,49)(H,40,50)(H2,32,33,34,36,38)/t14-,15-,16+,17-,21-,22-,25-,47-,48-/m1/s1. The van der Waals surface area contributed by atoms with Crippen LogP contribution in [-0.4, -0.2) is 97.8 Å². The monoisotopic (exact) mass is 776 g/mol. The Hall–Kier alpha value is -2.42. The van der Waals surface area contributed by atoms with Crippen molar-refractivity contribution in [3.05, 3.63) is 35.3 Å². The van der Waals surface area contributed by atoms with Crippen molar-refractivity contribution in [3.63, 3.8) is 0 Å². The summed E-state index contributed by atoms with van der Waals surface area (Å²) in [6, 6.07) is 1.59. The summed E-state index contributed by atoms with van der Waals surface area (Å²) in [7, 11) is 1.78. The Morgan fingerprint density at radius 2 is 1.92 bits per heavy atom. The molecule has 50 heavy (non-hydrogen) atoms. The number of carbonyl (C=O) groups excluding carboxylic acids is 1. The molecule has 274 valence electrons. The molecule has 0 unspecified atom stereocenters. The smallest absolute Gasteiger partial charge is 0.386 e. The summed E-state index contributed by atoms with van der Waals surface area (Å²) in [5.41, 5.74) is -1.22. The van der Waals surface area contributed by atoms with E-state index >= 15 is 0 Å². The van der Waals surface area contributed by atoms with E-state index in [9.17, 15) is 23.8 Å². The molecular weight excluding hydrogens is 738 g/mol. The number of H-pyrrole nitrogens is 1. The number of aliphatic hydroxyl groups is 1. The highest BCUT2D eigenvalue weighted by molar-refractivity contribution is 8.44. The topological polar surface area (TPSA) is 240 Å². The van der Waals surface area contributed by atoms with E-state index in [1.54, 1.807) is 13.1 Å². The van der Waals surface area contributed by atoms with E-state index in [1.165, 1.54) is 23.4 Å². The molecule has 0 radical (unpaired) electrons. The zero-order valence-electron chi connectivity index (χ0n) is 27.1. The van der Waals surface area contributed by atoms with Gasteiger partial charge in [-0.2, -0.15) is 4.98 Å². The summed E-state index contributed by atoms with van der Waals surface area (Å²) in [5.74, 6) is -0.726. The summed E-state index contributed by atoms with van der Waals surface area (Å²) < 4.78 is 63.3. The van der Waals surface area contributed by atoms with Gasteiger partial charge in [-0.15, -0.1) is 0 Å². The molecule has 1 saturated carbocycles. The van der Waals surface area contributed by atoms with Gasteiger partial charge in [0.15, 0.2) is 17.4 Å². The summed E-state index contributed by atoms with van der Waals surface area (Å²) in [5, 5.41) is 17.0. The third kappa shape index (κ3) is 8.78. The highest BCUT2D eigenvalue weighted by Gasteiger charge is 2.51. The lowest BCUT2D eigenvalue weighted by Gasteiger charge is -2.26. The first-order valence-corrected chi connectivity index (χ1v) is 21.0. The molecule has 23 heteroatoms. The van der Waals surface area contributed by atoms with Crippen LogP contribution in [0.4, 0.5) is 5.95 Å². The molecule has 2 aliphatic heterocycles. The lowest BCUT2D eigenvalue weighted by atomic mass is 9.89. The fourth-order valence-electron chi connectivity index (χ4n) is 6.22. The number of rotatable bonds is 8. The minimum Gasteiger partial charge on any atom is -0.474 e. The molecule has 6 rings (SSSR count). The Bertz CT molecular complexity index is 1850. The van der Waals surface area contributed by atoms with Crippen molar-refractivity contribution in [1.82, 2.24) is 34.8 Å². The van der Waals surface area contributed by atoms with E-state index in [2.05, 4.69) is 60.1 Å². The van der Waals surface area contributed by atoms with Crippen molar-refractivity contribution in [3.8, 4) is 5.88 Å². The Labute approximate surface area is 296 Å². The average molecular weight is 777 g/mol. The molecule has 0 spiro atoms. The minimum atomic E-state index is -4.24. The fourth-order valence-corrected chi connectivity index (χ4v) is 9.28. The number of nitrogens with one attached hydrogen (secondary N) is 3. The average Bonchev–Trinajstić information content (AvgIpc) is 3.70. The summed E-state index contributed by atoms with van der Waals surface area (Å²) >= 11 is 8.34. The second-order valence-corrected chi connectivity index (χ2v) is 18.7. The normalized spacial score (nSPS) is 33.6. The number of amides is 1. The molecule has 1 aliphatic carbocycles. The number of carbonyl (C=O) groups is 1. The number of aromatic nitrogens is 6. The molecule has 2 bridgehead atoms. The number of nitrogens with zero attached hydrogens (tertiary/aromatic N) is 5. The van der Waals surface area contributed by atoms with Crippen molar-refractivity contribution in [1.29, 1.82) is 0 Å². The summed E-state index contributed by atoms with van der Waals surface area (Å²) in [6.45, 7) is -4.64. The fraction of sp³-hybridized carbons (Fsp3) is 0.630. The van der Waals surface area contributed by atoms with Crippen molar-refractivity contribution >= 4 is 61.1 Å². The molecule has 3 fully saturated rings. The van der Waals surface area contributed by atoms with Crippen LogP contribution < -0.4 is 20.9 Å². The molecule has 9 atom stereocenters. The first kappa shape index (κ1) is 37.3. The van der Waals surface area contributed by atoms with E-state index in [-0.39, 0.29) is 36.6 Å². The van der Waals surface area contributed by atoms with Gasteiger partial charge in [-0.25, -0.2) is 24.1 Å². The van der Waals surface area contributed by atoms with Gasteiger partial charge in [0, 0.05) is 37.6 Å². The van der Waals surface area contributed by atoms with Gasteiger partial charge < -0.3 is 24.4 Å². The number of ether oxygens (including phenoxy) is 2. The van der Waals surface area contributed by atoms with Crippen LogP contribution in [0, 0.1) is 11.3 Å². The van der Waals surface area contributed by atoms with Gasteiger partial charge in [0.05, 0.1) is 25.6 Å². The van der Waals surface area contributed by atoms with Gasteiger partial charge in [-0.3, -0.25) is 38.0 Å². The van der Waals surface area contributed by atoms with Crippen LogP contribution in [0.2, 0.25) is 0 Å². The second-order valence-electron chi connectivity index (χ2n) is 13.0. The van der Waals surface area contributed by atoms with Gasteiger partial charge in [0.1, 0.15) is 30.7 Å². The van der Waals surface area contributed by atoms with Gasteiger partial charge in [0.2, 0.25) is 17.7 Å². The number of aromatic amines is 1. The second kappa shape index (κ2) is 14.9. The van der Waals surface area contributed by atoms with Crippen LogP contribution in [0.1, 0.15) is 39.3 Å². The number of imidazole rings is 1. The van der Waals surface area contributed by atoms with Crippen molar-refractivity contribution in [2.24, 2.45) is 11.3 Å². The Kier molecular flexibility index (Phi) is 11.1. The van der Waals surface area contributed by atoms with Crippen molar-refractivity contribution < 1.29 is 46.6 Å². The molecule has 5 heterocycles. The van der Waals surface area contributed by atoms with E-state index in [0.717, 1.165) is 0 Å². The third-order valence-corrected chi connectivity index (χ3v) is 11.6. The highest BCUT2D eigenvalue weighted by Crippen LogP contribution is 2.60. The zero-order chi connectivity index (χ0) is 35.8. The lowest BCUT2D eigenvalue weighted by Crippen LogP contribution is -2.35. The highest BCUT2D eigenvalue weighted by atomic mass is 32.7. The number of anilines is 1. The first-order chi connectivity index (χ1) is 23.6. The minimum absolute atomic E-state index is 0.0475. The summed E-state index contributed by atoms with van der Waals surface area (Å²) in [4.78, 5) is 44.7. The molecule has 3 aliphatic rings. The molecule has 0 aromatic carbocycles. The number of thiol groups is 2. The van der Waals surface area contributed by atoms with Crippen molar-refractivity contribution in [2.45, 2.75) is 69.9 Å². The summed E-state index contributed by atoms with van der Waals surface area (Å²) in [6.07, 6.45) is -1.94. The van der Waals surface area contributed by atoms with E-state index < -0.39 is 79.7 Å². The van der Waals surface area contributed by atoms with Crippen LogP contribution >= 0.6 is 38.1 Å². The third-order valence-electron chi connectivity index (χ3n) is 8.38. The lowest BCUT2D eigenvalue weighted by molar-refractivity contribution is -0.118. The van der Waals surface area contributed by atoms with E-state index in [1.807, 2.05) is 13.8 Å².